The van der Waals surface area contributed by atoms with Gasteiger partial charge in [-0.05, 0) is 55.5 Å². The fourth-order valence-corrected chi connectivity index (χ4v) is 5.18. The number of hydrogen-bond donors (Lipinski definition) is 1. The van der Waals surface area contributed by atoms with Crippen molar-refractivity contribution >= 4 is 27.3 Å². The average molecular weight is 488 g/mol. The molecule has 4 rings (SSSR count). The maximum atomic E-state index is 12.8. The molecule has 8 nitrogen and oxygen atoms in total. The Kier molecular flexibility index (Phi) is 7.21. The van der Waals surface area contributed by atoms with Crippen LogP contribution in [0.2, 0.25) is 0 Å². The monoisotopic (exact) mass is 487 g/mol. The summed E-state index contributed by atoms with van der Waals surface area (Å²) in [6.45, 7) is 6.83. The van der Waals surface area contributed by atoms with Crippen LogP contribution in [0, 0.1) is 5.92 Å². The second-order valence-corrected chi connectivity index (χ2v) is 11.1. The third kappa shape index (κ3) is 5.75. The molecule has 0 aromatic heterocycles. The predicted octanol–water partition coefficient (Wildman–Crippen LogP) is 3.34. The van der Waals surface area contributed by atoms with Crippen LogP contribution in [0.25, 0.3) is 0 Å². The molecule has 0 saturated carbocycles. The highest BCUT2D eigenvalue weighted by atomic mass is 32.2. The lowest BCUT2D eigenvalue weighted by molar-refractivity contribution is -0.120. The number of hydrogen-bond acceptors (Lipinski definition) is 6. The van der Waals surface area contributed by atoms with E-state index in [0.717, 1.165) is 35.1 Å². The normalized spacial score (nSPS) is 17.2. The Labute approximate surface area is 201 Å². The second-order valence-electron chi connectivity index (χ2n) is 9.15. The molecule has 2 aliphatic heterocycles. The summed E-state index contributed by atoms with van der Waals surface area (Å²) in [7, 11) is -3.69. The molecule has 2 heterocycles. The third-order valence-corrected chi connectivity index (χ3v) is 7.56. The maximum absolute atomic E-state index is 12.8. The van der Waals surface area contributed by atoms with E-state index in [-0.39, 0.29) is 18.5 Å². The number of fused-ring (bicyclic) bond motifs is 1. The van der Waals surface area contributed by atoms with Gasteiger partial charge in [-0.1, -0.05) is 19.1 Å². The van der Waals surface area contributed by atoms with Gasteiger partial charge in [0.1, 0.15) is 19.8 Å². The van der Waals surface area contributed by atoms with Gasteiger partial charge in [0, 0.05) is 24.8 Å². The molecule has 1 amide bonds. The van der Waals surface area contributed by atoms with E-state index in [1.54, 1.807) is 18.2 Å². The Bertz CT molecular complexity index is 1110. The van der Waals surface area contributed by atoms with Crippen molar-refractivity contribution in [1.82, 2.24) is 5.32 Å². The number of sulfonamides is 1. The molecule has 1 saturated heterocycles. The number of amides is 1. The summed E-state index contributed by atoms with van der Waals surface area (Å²) in [6, 6.07) is 12.8. The molecule has 0 aliphatic carbocycles. The molecule has 2 aromatic rings. The first-order valence-electron chi connectivity index (χ1n) is 11.7. The van der Waals surface area contributed by atoms with Crippen LogP contribution in [0.15, 0.2) is 42.5 Å². The Hall–Kier alpha value is -2.94. The largest absolute Gasteiger partial charge is 0.486 e. The highest BCUT2D eigenvalue weighted by Gasteiger charge is 2.24. The third-order valence-electron chi connectivity index (χ3n) is 6.42. The van der Waals surface area contributed by atoms with Gasteiger partial charge >= 0.3 is 0 Å². The minimum absolute atomic E-state index is 0.260. The van der Waals surface area contributed by atoms with Gasteiger partial charge in [0.15, 0.2) is 11.5 Å². The quantitative estimate of drug-likeness (QED) is 0.645. The van der Waals surface area contributed by atoms with Crippen molar-refractivity contribution in [1.29, 1.82) is 0 Å². The molecule has 0 spiro atoms. The summed E-state index contributed by atoms with van der Waals surface area (Å²) < 4.78 is 37.1. The lowest BCUT2D eigenvalue weighted by atomic mass is 9.98. The van der Waals surface area contributed by atoms with Gasteiger partial charge in [0.2, 0.25) is 15.9 Å². The Balaban J connectivity index is 1.41. The number of piperidine rings is 1. The Morgan fingerprint density at radius 2 is 1.74 bits per heavy atom. The number of anilines is 2. The maximum Gasteiger partial charge on any atom is 0.241 e. The van der Waals surface area contributed by atoms with E-state index in [4.69, 9.17) is 9.47 Å². The van der Waals surface area contributed by atoms with Crippen LogP contribution in [0.4, 0.5) is 11.4 Å². The first kappa shape index (κ1) is 24.2. The zero-order chi connectivity index (χ0) is 24.3. The SMILES string of the molecule is CC1CCN(c2ccc(C(C)NC(=O)CN(c3ccc4c(c3)OCCO4)S(C)(=O)=O)cc2)CC1. The molecule has 1 atom stereocenters. The summed E-state index contributed by atoms with van der Waals surface area (Å²) in [5.74, 6) is 1.42. The van der Waals surface area contributed by atoms with Crippen molar-refractivity contribution in [2.24, 2.45) is 5.92 Å². The van der Waals surface area contributed by atoms with Gasteiger partial charge in [-0.2, -0.15) is 0 Å². The van der Waals surface area contributed by atoms with Crippen LogP contribution >= 0.6 is 0 Å². The molecule has 2 aliphatic rings. The highest BCUT2D eigenvalue weighted by Crippen LogP contribution is 2.34. The Morgan fingerprint density at radius 3 is 2.38 bits per heavy atom. The number of carbonyl (C=O) groups is 1. The molecular formula is C25H33N3O5S. The van der Waals surface area contributed by atoms with Crippen LogP contribution in [0.3, 0.4) is 0 Å². The van der Waals surface area contributed by atoms with Crippen molar-refractivity contribution in [3.8, 4) is 11.5 Å². The smallest absolute Gasteiger partial charge is 0.241 e. The second kappa shape index (κ2) is 10.1. The molecule has 0 bridgehead atoms. The van der Waals surface area contributed by atoms with Gasteiger partial charge in [0.05, 0.1) is 18.0 Å². The molecule has 34 heavy (non-hydrogen) atoms. The Morgan fingerprint density at radius 1 is 1.09 bits per heavy atom. The molecule has 9 heteroatoms. The van der Waals surface area contributed by atoms with Crippen LogP contribution in [-0.2, 0) is 14.8 Å². The van der Waals surface area contributed by atoms with Crippen molar-refractivity contribution in [3.05, 3.63) is 48.0 Å². The number of ether oxygens (including phenoxy) is 2. The lowest BCUT2D eigenvalue weighted by Crippen LogP contribution is -2.41. The summed E-state index contributed by atoms with van der Waals surface area (Å²) in [4.78, 5) is 15.2. The lowest BCUT2D eigenvalue weighted by Gasteiger charge is -2.32. The van der Waals surface area contributed by atoms with Crippen molar-refractivity contribution in [3.63, 3.8) is 0 Å². The molecule has 184 valence electrons. The summed E-state index contributed by atoms with van der Waals surface area (Å²) in [6.07, 6.45) is 3.49. The topological polar surface area (TPSA) is 88.2 Å². The zero-order valence-corrected chi connectivity index (χ0v) is 20.8. The van der Waals surface area contributed by atoms with Crippen molar-refractivity contribution < 1.29 is 22.7 Å². The van der Waals surface area contributed by atoms with E-state index < -0.39 is 10.0 Å². The number of carbonyl (C=O) groups excluding carboxylic acids is 1. The summed E-state index contributed by atoms with van der Waals surface area (Å²) in [5, 5.41) is 2.92. The average Bonchev–Trinajstić information content (AvgIpc) is 2.82. The predicted molar refractivity (Wildman–Crippen MR) is 133 cm³/mol. The molecule has 1 fully saturated rings. The van der Waals surface area contributed by atoms with E-state index in [1.165, 1.54) is 18.5 Å². The fourth-order valence-electron chi connectivity index (χ4n) is 4.33. The summed E-state index contributed by atoms with van der Waals surface area (Å²) in [5.41, 5.74) is 2.51. The fraction of sp³-hybridized carbons (Fsp3) is 0.480. The number of nitrogens with zero attached hydrogens (tertiary/aromatic N) is 2. The highest BCUT2D eigenvalue weighted by molar-refractivity contribution is 7.92. The van der Waals surface area contributed by atoms with E-state index in [0.29, 0.717) is 30.4 Å². The van der Waals surface area contributed by atoms with E-state index in [1.807, 2.05) is 19.1 Å². The van der Waals surface area contributed by atoms with E-state index in [2.05, 4.69) is 29.3 Å². The number of rotatable bonds is 7. The van der Waals surface area contributed by atoms with Crippen LogP contribution < -0.4 is 24.0 Å². The first-order valence-corrected chi connectivity index (χ1v) is 13.6. The van der Waals surface area contributed by atoms with Crippen molar-refractivity contribution in [2.45, 2.75) is 32.7 Å². The van der Waals surface area contributed by atoms with Gasteiger partial charge in [0.25, 0.3) is 0 Å². The van der Waals surface area contributed by atoms with E-state index in [9.17, 15) is 13.2 Å². The summed E-state index contributed by atoms with van der Waals surface area (Å²) >= 11 is 0. The van der Waals surface area contributed by atoms with Crippen molar-refractivity contribution in [2.75, 3.05) is 48.3 Å². The van der Waals surface area contributed by atoms with Crippen LogP contribution in [0.1, 0.15) is 38.3 Å². The zero-order valence-electron chi connectivity index (χ0n) is 20.0. The van der Waals surface area contributed by atoms with Gasteiger partial charge < -0.3 is 19.7 Å². The van der Waals surface area contributed by atoms with Gasteiger partial charge in [-0.25, -0.2) is 8.42 Å². The molecule has 0 radical (unpaired) electrons. The van der Waals surface area contributed by atoms with E-state index >= 15 is 0 Å². The number of benzene rings is 2. The number of nitrogens with one attached hydrogen (secondary N) is 1. The molecule has 1 unspecified atom stereocenters. The minimum Gasteiger partial charge on any atom is -0.486 e. The van der Waals surface area contributed by atoms with Gasteiger partial charge in [-0.15, -0.1) is 0 Å². The minimum atomic E-state index is -3.69. The standard InChI is InChI=1S/C25H33N3O5S/c1-18-10-12-27(13-11-18)21-6-4-20(5-7-21)19(2)26-25(29)17-28(34(3,30)31)22-8-9-23-24(16-22)33-15-14-32-23/h4-9,16,18-19H,10-15,17H2,1-3H3,(H,26,29). The van der Waals surface area contributed by atoms with Crippen LogP contribution in [-0.4, -0.2) is 53.4 Å². The van der Waals surface area contributed by atoms with Gasteiger partial charge in [-0.3, -0.25) is 9.10 Å². The molecule has 2 aromatic carbocycles. The first-order chi connectivity index (χ1) is 16.2. The molecule has 1 N–H and O–H groups in total. The van der Waals surface area contributed by atoms with Crippen LogP contribution in [0.5, 0.6) is 11.5 Å². The molecular weight excluding hydrogens is 454 g/mol.